The van der Waals surface area contributed by atoms with Crippen molar-refractivity contribution < 1.29 is 43.0 Å². The molecule has 0 aliphatic heterocycles. The van der Waals surface area contributed by atoms with Gasteiger partial charge < -0.3 is 24.6 Å². The molecule has 3 atom stereocenters. The zero-order chi connectivity index (χ0) is 34.0. The van der Waals surface area contributed by atoms with Crippen LogP contribution >= 0.6 is 7.82 Å². The number of aliphatic hydroxyl groups excluding tert-OH is 2. The third-order valence-corrected chi connectivity index (χ3v) is 8.90. The second-order valence-corrected chi connectivity index (χ2v) is 14.1. The Morgan fingerprint density at radius 2 is 1.11 bits per heavy atom. The van der Waals surface area contributed by atoms with Crippen molar-refractivity contribution >= 4 is 13.8 Å². The van der Waals surface area contributed by atoms with Gasteiger partial charge in [-0.05, 0) is 38.5 Å². The van der Waals surface area contributed by atoms with Gasteiger partial charge >= 0.3 is 13.8 Å². The molecule has 9 nitrogen and oxygen atoms in total. The lowest BCUT2D eigenvalue weighted by Crippen LogP contribution is -2.29. The van der Waals surface area contributed by atoms with Gasteiger partial charge in [0, 0.05) is 13.0 Å². The number of phosphoric ester groups is 1. The molecule has 10 heteroatoms. The Morgan fingerprint density at radius 1 is 0.652 bits per heavy atom. The van der Waals surface area contributed by atoms with Gasteiger partial charge in [0.1, 0.15) is 12.2 Å². The van der Waals surface area contributed by atoms with Gasteiger partial charge in [0.2, 0.25) is 0 Å². The van der Waals surface area contributed by atoms with Crippen molar-refractivity contribution in [2.24, 2.45) is 0 Å². The molecule has 0 aromatic rings. The number of hydrogen-bond donors (Lipinski definition) is 3. The second-order valence-electron chi connectivity index (χ2n) is 12.6. The summed E-state index contributed by atoms with van der Waals surface area (Å²) in [5.41, 5.74) is 0. The molecule has 0 amide bonds. The Labute approximate surface area is 281 Å². The van der Waals surface area contributed by atoms with Gasteiger partial charge in [0.25, 0.3) is 0 Å². The molecule has 0 bridgehead atoms. The van der Waals surface area contributed by atoms with E-state index in [4.69, 9.17) is 23.6 Å². The van der Waals surface area contributed by atoms with Crippen molar-refractivity contribution in [2.75, 3.05) is 33.0 Å². The number of unbranched alkanes of at least 4 members (excludes halogenated alkanes) is 20. The summed E-state index contributed by atoms with van der Waals surface area (Å²) >= 11 is 0. The van der Waals surface area contributed by atoms with Gasteiger partial charge in [-0.3, -0.25) is 13.8 Å². The number of phosphoric acid groups is 1. The SMILES string of the molecule is CCCCC/C=C\CCCCCCCCOCC(COP(=O)(O)OCC(O)CO)OC(=O)CCCCCCCCCCCCCC. The molecule has 3 unspecified atom stereocenters. The topological polar surface area (TPSA) is 132 Å². The lowest BCUT2D eigenvalue weighted by Gasteiger charge is -2.20. The number of carbonyl (C=O) groups excluding carboxylic acids is 1. The van der Waals surface area contributed by atoms with E-state index in [1.807, 2.05) is 0 Å². The summed E-state index contributed by atoms with van der Waals surface area (Å²) in [4.78, 5) is 22.4. The fraction of sp³-hybridized carbons (Fsp3) is 0.917. The molecule has 0 saturated heterocycles. The zero-order valence-corrected chi connectivity index (χ0v) is 30.4. The van der Waals surface area contributed by atoms with Crippen molar-refractivity contribution in [1.82, 2.24) is 0 Å². The van der Waals surface area contributed by atoms with E-state index in [1.165, 1.54) is 103 Å². The van der Waals surface area contributed by atoms with Crippen molar-refractivity contribution in [3.05, 3.63) is 12.2 Å². The van der Waals surface area contributed by atoms with E-state index in [0.29, 0.717) is 6.61 Å². The number of hydrogen-bond acceptors (Lipinski definition) is 8. The van der Waals surface area contributed by atoms with Gasteiger partial charge in [-0.2, -0.15) is 0 Å². The molecule has 0 fully saturated rings. The first-order valence-electron chi connectivity index (χ1n) is 18.7. The largest absolute Gasteiger partial charge is 0.472 e. The first-order chi connectivity index (χ1) is 22.3. The van der Waals surface area contributed by atoms with Crippen molar-refractivity contribution in [3.63, 3.8) is 0 Å². The highest BCUT2D eigenvalue weighted by Gasteiger charge is 2.26. The van der Waals surface area contributed by atoms with E-state index in [0.717, 1.165) is 44.9 Å². The molecule has 0 aliphatic carbocycles. The van der Waals surface area contributed by atoms with Gasteiger partial charge in [-0.15, -0.1) is 0 Å². The summed E-state index contributed by atoms with van der Waals surface area (Å²) in [5.74, 6) is -0.385. The Hall–Kier alpha value is -0.800. The summed E-state index contributed by atoms with van der Waals surface area (Å²) in [6.07, 6.45) is 30.2. The van der Waals surface area contributed by atoms with Crippen LogP contribution in [-0.4, -0.2) is 66.3 Å². The maximum Gasteiger partial charge on any atom is 0.472 e. The van der Waals surface area contributed by atoms with Crippen LogP contribution in [0.2, 0.25) is 0 Å². The minimum Gasteiger partial charge on any atom is -0.457 e. The Kier molecular flexibility index (Phi) is 33.5. The summed E-state index contributed by atoms with van der Waals surface area (Å²) in [5, 5.41) is 18.3. The average molecular weight is 679 g/mol. The van der Waals surface area contributed by atoms with Crippen LogP contribution in [0.5, 0.6) is 0 Å². The second kappa shape index (κ2) is 34.1. The van der Waals surface area contributed by atoms with Crippen LogP contribution in [0, 0.1) is 0 Å². The summed E-state index contributed by atoms with van der Waals surface area (Å²) in [6.45, 7) is 3.48. The predicted molar refractivity (Wildman–Crippen MR) is 187 cm³/mol. The highest BCUT2D eigenvalue weighted by Crippen LogP contribution is 2.43. The number of ether oxygens (including phenoxy) is 2. The molecule has 46 heavy (non-hydrogen) atoms. The molecule has 0 spiro atoms. The number of esters is 1. The number of aliphatic hydroxyl groups is 2. The fourth-order valence-corrected chi connectivity index (χ4v) is 5.84. The molecule has 274 valence electrons. The van der Waals surface area contributed by atoms with Crippen molar-refractivity contribution in [3.8, 4) is 0 Å². The third kappa shape index (κ3) is 33.1. The van der Waals surface area contributed by atoms with E-state index >= 15 is 0 Å². The molecule has 0 aromatic carbocycles. The molecule has 3 N–H and O–H groups in total. The molecule has 0 rings (SSSR count). The van der Waals surface area contributed by atoms with Crippen LogP contribution in [0.25, 0.3) is 0 Å². The van der Waals surface area contributed by atoms with Crippen LogP contribution in [0.4, 0.5) is 0 Å². The van der Waals surface area contributed by atoms with Crippen LogP contribution < -0.4 is 0 Å². The fourth-order valence-electron chi connectivity index (χ4n) is 5.05. The van der Waals surface area contributed by atoms with Crippen LogP contribution in [0.15, 0.2) is 12.2 Å². The van der Waals surface area contributed by atoms with E-state index < -0.39 is 33.2 Å². The summed E-state index contributed by atoms with van der Waals surface area (Å²) < 4.78 is 33.2. The first-order valence-corrected chi connectivity index (χ1v) is 20.2. The minimum atomic E-state index is -4.50. The molecular weight excluding hydrogens is 607 g/mol. The Bertz CT molecular complexity index is 734. The number of carbonyl (C=O) groups is 1. The predicted octanol–water partition coefficient (Wildman–Crippen LogP) is 9.36. The zero-order valence-electron chi connectivity index (χ0n) is 29.6. The smallest absolute Gasteiger partial charge is 0.457 e. The van der Waals surface area contributed by atoms with E-state index in [-0.39, 0.29) is 25.6 Å². The van der Waals surface area contributed by atoms with E-state index in [2.05, 4.69) is 26.0 Å². The number of rotatable bonds is 36. The van der Waals surface area contributed by atoms with Crippen molar-refractivity contribution in [2.45, 2.75) is 180 Å². The summed E-state index contributed by atoms with van der Waals surface area (Å²) in [6, 6.07) is 0. The Morgan fingerprint density at radius 3 is 1.67 bits per heavy atom. The maximum absolute atomic E-state index is 12.5. The van der Waals surface area contributed by atoms with E-state index in [1.54, 1.807) is 0 Å². The van der Waals surface area contributed by atoms with Gasteiger partial charge in [0.15, 0.2) is 0 Å². The minimum absolute atomic E-state index is 0.0496. The normalized spacial score (nSPS) is 14.5. The first kappa shape index (κ1) is 45.2. The highest BCUT2D eigenvalue weighted by atomic mass is 31.2. The average Bonchev–Trinajstić information content (AvgIpc) is 3.04. The van der Waals surface area contributed by atoms with Gasteiger partial charge in [-0.25, -0.2) is 4.57 Å². The van der Waals surface area contributed by atoms with Crippen LogP contribution in [-0.2, 0) is 27.9 Å². The van der Waals surface area contributed by atoms with Gasteiger partial charge in [0.05, 0.1) is 26.4 Å². The molecule has 0 radical (unpaired) electrons. The lowest BCUT2D eigenvalue weighted by atomic mass is 10.0. The molecule has 0 aliphatic rings. The van der Waals surface area contributed by atoms with Crippen molar-refractivity contribution in [1.29, 1.82) is 0 Å². The van der Waals surface area contributed by atoms with E-state index in [9.17, 15) is 19.4 Å². The summed E-state index contributed by atoms with van der Waals surface area (Å²) in [7, 11) is -4.50. The monoisotopic (exact) mass is 678 g/mol. The maximum atomic E-state index is 12.5. The van der Waals surface area contributed by atoms with Crippen LogP contribution in [0.1, 0.15) is 168 Å². The molecule has 0 heterocycles. The molecular formula is C36H71O9P. The number of allylic oxidation sites excluding steroid dienone is 2. The lowest BCUT2D eigenvalue weighted by molar-refractivity contribution is -0.154. The van der Waals surface area contributed by atoms with Gasteiger partial charge in [-0.1, -0.05) is 135 Å². The van der Waals surface area contributed by atoms with Crippen LogP contribution in [0.3, 0.4) is 0 Å². The Balaban J connectivity index is 4.24. The molecule has 0 saturated carbocycles. The molecule has 0 aromatic heterocycles. The standard InChI is InChI=1S/C36H71O9P/c1-3-5-7-9-11-13-15-17-19-21-23-25-27-29-42-32-35(33-44-46(40,41)43-31-34(38)30-37)45-36(39)28-26-24-22-20-18-16-14-12-10-8-6-4-2/h11,13,34-35,37-38H,3-10,12,14-33H2,1-2H3,(H,40,41)/b13-11-. The third-order valence-electron chi connectivity index (χ3n) is 7.95. The highest BCUT2D eigenvalue weighted by molar-refractivity contribution is 7.47. The quantitative estimate of drug-likeness (QED) is 0.0257.